The van der Waals surface area contributed by atoms with E-state index in [0.717, 1.165) is 46.7 Å². The van der Waals surface area contributed by atoms with Crippen LogP contribution in [0.3, 0.4) is 0 Å². The molecule has 5 aliphatic rings. The van der Waals surface area contributed by atoms with Crippen molar-refractivity contribution in [2.75, 3.05) is 9.80 Å². The third-order valence-electron chi connectivity index (χ3n) is 19.2. The molecule has 0 saturated heterocycles. The maximum Gasteiger partial charge on any atom is 0.252 e. The van der Waals surface area contributed by atoms with Crippen molar-refractivity contribution in [1.82, 2.24) is 0 Å². The normalized spacial score (nSPS) is 17.6. The fourth-order valence-electron chi connectivity index (χ4n) is 15.0. The lowest BCUT2D eigenvalue weighted by atomic mass is 9.33. The topological polar surface area (TPSA) is 6.48 Å². The van der Waals surface area contributed by atoms with Crippen LogP contribution in [0, 0.1) is 6.85 Å². The molecule has 0 amide bonds. The van der Waals surface area contributed by atoms with E-state index in [4.69, 9.17) is 0 Å². The van der Waals surface area contributed by atoms with Crippen LogP contribution in [0.1, 0.15) is 161 Å². The Kier molecular flexibility index (Phi) is 9.37. The van der Waals surface area contributed by atoms with Crippen LogP contribution in [0.5, 0.6) is 0 Å². The molecule has 2 nitrogen and oxygen atoms in total. The van der Waals surface area contributed by atoms with Gasteiger partial charge in [-0.2, -0.15) is 0 Å². The molecule has 5 heteroatoms. The first-order valence-electron chi connectivity index (χ1n) is 30.2. The van der Waals surface area contributed by atoms with Gasteiger partial charge in [-0.1, -0.05) is 193 Å². The van der Waals surface area contributed by atoms with Crippen LogP contribution in [-0.2, 0) is 32.5 Å². The summed E-state index contributed by atoms with van der Waals surface area (Å²) in [4.78, 5) is 7.76. The number of thiophene rings is 2. The molecule has 0 fully saturated rings. The summed E-state index contributed by atoms with van der Waals surface area (Å²) in [6.45, 7) is 27.8. The molecule has 4 heterocycles. The second kappa shape index (κ2) is 16.0. The molecule has 15 rings (SSSR count). The van der Waals surface area contributed by atoms with Crippen LogP contribution in [0.4, 0.5) is 34.1 Å². The molecule has 0 bridgehead atoms. The minimum atomic E-state index is -2.40. The minimum Gasteiger partial charge on any atom is -0.311 e. The van der Waals surface area contributed by atoms with Gasteiger partial charge in [-0.25, -0.2) is 0 Å². The van der Waals surface area contributed by atoms with Gasteiger partial charge < -0.3 is 9.80 Å². The number of rotatable bonds is 2. The highest BCUT2D eigenvalue weighted by molar-refractivity contribution is 7.21. The van der Waals surface area contributed by atoms with Crippen LogP contribution in [0.2, 0.25) is 0 Å². The third-order valence-corrected chi connectivity index (χ3v) is 22.0. The zero-order valence-corrected chi connectivity index (χ0v) is 49.8. The number of fused-ring (bicyclic) bond motifs is 20. The Morgan fingerprint density at radius 2 is 1.05 bits per heavy atom. The fraction of sp³-hybridized carbons (Fsp3) is 0.297. The summed E-state index contributed by atoms with van der Waals surface area (Å²) in [5.74, 6) is 0. The summed E-state index contributed by atoms with van der Waals surface area (Å²) in [6.07, 6.45) is 2.24. The standard InChI is InChI=1S/C74H71BN2S2/c1-42-37-59-64-60(38-42)77(47-30-25-44(26-31-47)70(5,6)7)65-56(34-32-50-63-68(79-66(50)65)73(13,14)36-35-72(63,11)12)75(64)57-41-61-52(40-58(57)76(59)46-28-23-43(24-29-46)69(2,3)4)62-51-39-45(71(8,9)10)27-33-55(51)74(67(62)78-61)53-21-17-15-19-48(53)49-20-16-18-22-54(49)74/h15-34,37-41H,35-36H2,1-14H3/i1D3. The van der Waals surface area contributed by atoms with Crippen molar-refractivity contribution < 1.29 is 4.11 Å². The van der Waals surface area contributed by atoms with Crippen LogP contribution in [-0.4, -0.2) is 6.71 Å². The molecule has 0 radical (unpaired) electrons. The predicted molar refractivity (Wildman–Crippen MR) is 344 cm³/mol. The van der Waals surface area contributed by atoms with Gasteiger partial charge in [0.15, 0.2) is 0 Å². The van der Waals surface area contributed by atoms with Gasteiger partial charge in [-0.3, -0.25) is 0 Å². The van der Waals surface area contributed by atoms with Gasteiger partial charge in [0.2, 0.25) is 0 Å². The number of hydrogen-bond donors (Lipinski definition) is 0. The maximum absolute atomic E-state index is 9.34. The van der Waals surface area contributed by atoms with E-state index in [1.54, 1.807) is 0 Å². The first kappa shape index (κ1) is 46.1. The average molecular weight is 1070 g/mol. The molecule has 0 atom stereocenters. The highest BCUT2D eigenvalue weighted by Crippen LogP contribution is 2.67. The van der Waals surface area contributed by atoms with Crippen molar-refractivity contribution in [2.24, 2.45) is 0 Å². The van der Waals surface area contributed by atoms with Crippen molar-refractivity contribution in [3.63, 3.8) is 0 Å². The minimum absolute atomic E-state index is 0.00437. The van der Waals surface area contributed by atoms with E-state index >= 15 is 0 Å². The number of aryl methyl sites for hydroxylation is 1. The number of benzene rings is 8. The van der Waals surface area contributed by atoms with E-state index in [0.29, 0.717) is 5.56 Å². The SMILES string of the molecule is [2H]C([2H])([2H])c1cc2c3c(c1)N(c1ccc(C(C)(C)C)cc1)c1c(ccc4c5c(sc14)C(C)(C)CCC5(C)C)B3c1cc3sc4c(c3cc1N2c1ccc(C(C)(C)C)cc1)-c1cc(C(C)(C)C)ccc1C41c2ccccc2-c2ccccc21. The predicted octanol–water partition coefficient (Wildman–Crippen LogP) is 19.1. The van der Waals surface area contributed by atoms with Crippen molar-refractivity contribution in [1.29, 1.82) is 0 Å². The van der Waals surface area contributed by atoms with Crippen molar-refractivity contribution in [2.45, 2.75) is 142 Å². The van der Waals surface area contributed by atoms with Gasteiger partial charge in [0.1, 0.15) is 0 Å². The van der Waals surface area contributed by atoms with E-state index in [1.807, 2.05) is 34.8 Å². The Bertz CT molecular complexity index is 4350. The molecular formula is C74H71BN2S2. The molecule has 79 heavy (non-hydrogen) atoms. The number of hydrogen-bond acceptors (Lipinski definition) is 4. The van der Waals surface area contributed by atoms with Crippen molar-refractivity contribution in [3.05, 3.63) is 206 Å². The molecule has 2 aromatic heterocycles. The molecular weight excluding hydrogens is 992 g/mol. The first-order valence-corrected chi connectivity index (χ1v) is 30.4. The van der Waals surface area contributed by atoms with Gasteiger partial charge in [-0.05, 0) is 178 Å². The monoisotopic (exact) mass is 1070 g/mol. The lowest BCUT2D eigenvalue weighted by Gasteiger charge is -2.44. The Morgan fingerprint density at radius 3 is 1.66 bits per heavy atom. The van der Waals surface area contributed by atoms with Gasteiger partial charge >= 0.3 is 0 Å². The summed E-state index contributed by atoms with van der Waals surface area (Å²) in [7, 11) is 0. The lowest BCUT2D eigenvalue weighted by molar-refractivity contribution is 0.341. The largest absolute Gasteiger partial charge is 0.311 e. The van der Waals surface area contributed by atoms with Gasteiger partial charge in [-0.15, -0.1) is 22.7 Å². The maximum atomic E-state index is 9.34. The summed E-state index contributed by atoms with van der Waals surface area (Å²) in [5.41, 5.74) is 23.9. The summed E-state index contributed by atoms with van der Waals surface area (Å²) in [5, 5.41) is 2.56. The van der Waals surface area contributed by atoms with Crippen LogP contribution < -0.4 is 26.2 Å². The van der Waals surface area contributed by atoms with Gasteiger partial charge in [0.25, 0.3) is 6.71 Å². The number of nitrogens with zero attached hydrogens (tertiary/aromatic N) is 2. The smallest absolute Gasteiger partial charge is 0.252 e. The Morgan fingerprint density at radius 1 is 0.494 bits per heavy atom. The second-order valence-corrected chi connectivity index (χ2v) is 30.2. The van der Waals surface area contributed by atoms with E-state index in [9.17, 15) is 4.11 Å². The lowest BCUT2D eigenvalue weighted by Crippen LogP contribution is -2.61. The van der Waals surface area contributed by atoms with Crippen LogP contribution in [0.15, 0.2) is 152 Å². The summed E-state index contributed by atoms with van der Waals surface area (Å²) in [6, 6.07) is 58.0. The van der Waals surface area contributed by atoms with Gasteiger partial charge in [0, 0.05) is 58.0 Å². The Hall–Kier alpha value is -6.66. The van der Waals surface area contributed by atoms with Crippen LogP contribution >= 0.6 is 22.7 Å². The summed E-state index contributed by atoms with van der Waals surface area (Å²) >= 11 is 3.96. The molecule has 8 aromatic carbocycles. The highest BCUT2D eigenvalue weighted by Gasteiger charge is 2.54. The molecule has 3 aliphatic carbocycles. The van der Waals surface area contributed by atoms with E-state index in [-0.39, 0.29) is 33.8 Å². The molecule has 1 spiro atoms. The molecule has 392 valence electrons. The quantitative estimate of drug-likeness (QED) is 0.159. The van der Waals surface area contributed by atoms with Gasteiger partial charge in [0.05, 0.1) is 15.8 Å². The molecule has 0 unspecified atom stereocenters. The molecule has 0 saturated carbocycles. The fourth-order valence-corrected chi connectivity index (χ4v) is 18.1. The van der Waals surface area contributed by atoms with E-state index in [1.165, 1.54) is 108 Å². The van der Waals surface area contributed by atoms with E-state index in [2.05, 4.69) is 239 Å². The average Bonchev–Trinajstić information content (AvgIpc) is 1.49. The second-order valence-electron chi connectivity index (χ2n) is 28.1. The van der Waals surface area contributed by atoms with Crippen molar-refractivity contribution >= 4 is 100 Å². The Labute approximate surface area is 481 Å². The molecule has 2 aliphatic heterocycles. The van der Waals surface area contributed by atoms with E-state index < -0.39 is 12.3 Å². The number of anilines is 6. The Balaban J connectivity index is 1.09. The highest BCUT2D eigenvalue weighted by atomic mass is 32.1. The molecule has 10 aromatic rings. The summed E-state index contributed by atoms with van der Waals surface area (Å²) < 4.78 is 30.6. The zero-order valence-electron chi connectivity index (χ0n) is 51.1. The van der Waals surface area contributed by atoms with Crippen molar-refractivity contribution in [3.8, 4) is 22.3 Å². The zero-order chi connectivity index (χ0) is 57.3. The third kappa shape index (κ3) is 6.70. The van der Waals surface area contributed by atoms with Crippen LogP contribution in [0.25, 0.3) is 42.4 Å². The first-order chi connectivity index (χ1) is 38.7. The molecule has 0 N–H and O–H groups in total.